The molecule has 0 fully saturated rings. The van der Waals surface area contributed by atoms with E-state index in [4.69, 9.17) is 0 Å². The van der Waals surface area contributed by atoms with Crippen LogP contribution in [0.25, 0.3) is 0 Å². The highest BCUT2D eigenvalue weighted by Gasteiger charge is 2.30. The van der Waals surface area contributed by atoms with Gasteiger partial charge in [-0.1, -0.05) is 48.5 Å². The lowest BCUT2D eigenvalue weighted by molar-refractivity contribution is 0.176. The van der Waals surface area contributed by atoms with Crippen LogP contribution in [0.4, 0.5) is 0 Å². The van der Waals surface area contributed by atoms with Crippen LogP contribution in [0.3, 0.4) is 0 Å². The molecule has 0 radical (unpaired) electrons. The Balaban J connectivity index is 2.32. The molecule has 2 rings (SSSR count). The monoisotopic (exact) mass is 276 g/mol. The summed E-state index contributed by atoms with van der Waals surface area (Å²) in [6.45, 7) is 1.53. The van der Waals surface area contributed by atoms with Crippen LogP contribution in [-0.4, -0.2) is 18.8 Å². The Morgan fingerprint density at radius 3 is 1.89 bits per heavy atom. The molecule has 2 unspecified atom stereocenters. The van der Waals surface area contributed by atoms with E-state index in [-0.39, 0.29) is 4.90 Å². The fraction of sp³-hybridized carbons (Fsp3) is 0.200. The van der Waals surface area contributed by atoms with Gasteiger partial charge in [0, 0.05) is 0 Å². The fourth-order valence-corrected chi connectivity index (χ4v) is 3.38. The highest BCUT2D eigenvalue weighted by atomic mass is 32.2. The topological polar surface area (TPSA) is 54.4 Å². The van der Waals surface area contributed by atoms with E-state index in [0.717, 1.165) is 0 Å². The van der Waals surface area contributed by atoms with Gasteiger partial charge in [0.15, 0.2) is 9.84 Å². The lowest BCUT2D eigenvalue weighted by Crippen LogP contribution is -2.25. The second kappa shape index (κ2) is 5.55. The average Bonchev–Trinajstić information content (AvgIpc) is 2.47. The lowest BCUT2D eigenvalue weighted by Gasteiger charge is -2.19. The Morgan fingerprint density at radius 1 is 0.895 bits per heavy atom. The van der Waals surface area contributed by atoms with Crippen molar-refractivity contribution < 1.29 is 13.5 Å². The first-order valence-electron chi connectivity index (χ1n) is 6.05. The fourth-order valence-electron chi connectivity index (χ4n) is 1.92. The zero-order valence-corrected chi connectivity index (χ0v) is 11.4. The summed E-state index contributed by atoms with van der Waals surface area (Å²) in [6, 6.07) is 17.0. The molecule has 4 heteroatoms. The van der Waals surface area contributed by atoms with Gasteiger partial charge in [-0.3, -0.25) is 0 Å². The van der Waals surface area contributed by atoms with Gasteiger partial charge >= 0.3 is 0 Å². The van der Waals surface area contributed by atoms with E-state index >= 15 is 0 Å². The minimum atomic E-state index is -3.54. The van der Waals surface area contributed by atoms with Crippen LogP contribution in [0.5, 0.6) is 0 Å². The molecular formula is C15H16O3S. The van der Waals surface area contributed by atoms with Gasteiger partial charge in [0.1, 0.15) is 0 Å². The molecule has 0 saturated carbocycles. The van der Waals surface area contributed by atoms with Gasteiger partial charge < -0.3 is 5.11 Å². The van der Waals surface area contributed by atoms with Crippen molar-refractivity contribution in [3.63, 3.8) is 0 Å². The van der Waals surface area contributed by atoms with Crippen molar-refractivity contribution in [1.29, 1.82) is 0 Å². The first-order valence-corrected chi connectivity index (χ1v) is 7.60. The highest BCUT2D eigenvalue weighted by Crippen LogP contribution is 2.26. The quantitative estimate of drug-likeness (QED) is 0.933. The zero-order chi connectivity index (χ0) is 13.9. The van der Waals surface area contributed by atoms with E-state index in [9.17, 15) is 13.5 Å². The van der Waals surface area contributed by atoms with E-state index in [1.807, 2.05) is 6.07 Å². The molecule has 0 aliphatic heterocycles. The summed E-state index contributed by atoms with van der Waals surface area (Å²) in [5, 5.41) is 9.32. The normalized spacial score (nSPS) is 14.8. The van der Waals surface area contributed by atoms with Gasteiger partial charge in [-0.2, -0.15) is 0 Å². The first kappa shape index (κ1) is 13.8. The first-order chi connectivity index (χ1) is 9.03. The van der Waals surface area contributed by atoms with Crippen LogP contribution in [-0.2, 0) is 9.84 Å². The highest BCUT2D eigenvalue weighted by molar-refractivity contribution is 7.92. The third-order valence-electron chi connectivity index (χ3n) is 3.15. The standard InChI is InChI=1S/C15H16O3S/c1-12(15(16)13-8-4-2-5-9-13)19(17,18)14-10-6-3-7-11-14/h2-12,15-16H,1H3. The molecule has 2 aromatic carbocycles. The summed E-state index contributed by atoms with van der Waals surface area (Å²) in [7, 11) is -3.54. The van der Waals surface area contributed by atoms with Gasteiger partial charge in [-0.15, -0.1) is 0 Å². The van der Waals surface area contributed by atoms with Crippen molar-refractivity contribution in [2.24, 2.45) is 0 Å². The molecule has 0 aliphatic carbocycles. The summed E-state index contributed by atoms with van der Waals surface area (Å²) in [5.74, 6) is 0. The lowest BCUT2D eigenvalue weighted by atomic mass is 10.1. The molecule has 100 valence electrons. The van der Waals surface area contributed by atoms with E-state index in [1.165, 1.54) is 6.92 Å². The Hall–Kier alpha value is -1.65. The third-order valence-corrected chi connectivity index (χ3v) is 5.31. The van der Waals surface area contributed by atoms with E-state index in [1.54, 1.807) is 54.6 Å². The number of aliphatic hydroxyl groups excluding tert-OH is 1. The van der Waals surface area contributed by atoms with Crippen molar-refractivity contribution in [2.45, 2.75) is 23.2 Å². The molecule has 2 atom stereocenters. The van der Waals surface area contributed by atoms with Gasteiger partial charge in [-0.05, 0) is 24.6 Å². The number of hydrogen-bond acceptors (Lipinski definition) is 3. The Morgan fingerprint density at radius 2 is 1.37 bits per heavy atom. The molecule has 0 amide bonds. The van der Waals surface area contributed by atoms with Gasteiger partial charge in [0.25, 0.3) is 0 Å². The molecule has 0 bridgehead atoms. The van der Waals surface area contributed by atoms with Crippen LogP contribution in [0.1, 0.15) is 18.6 Å². The minimum Gasteiger partial charge on any atom is -0.387 e. The maximum Gasteiger partial charge on any atom is 0.183 e. The average molecular weight is 276 g/mol. The molecule has 0 heterocycles. The van der Waals surface area contributed by atoms with E-state index in [0.29, 0.717) is 5.56 Å². The number of aliphatic hydroxyl groups is 1. The summed E-state index contributed by atoms with van der Waals surface area (Å²) in [4.78, 5) is 0.234. The van der Waals surface area contributed by atoms with Crippen LogP contribution < -0.4 is 0 Å². The molecule has 1 N–H and O–H groups in total. The number of benzene rings is 2. The summed E-state index contributed by atoms with van der Waals surface area (Å²) >= 11 is 0. The Kier molecular flexibility index (Phi) is 4.02. The number of rotatable bonds is 4. The third kappa shape index (κ3) is 2.85. The number of hydrogen-bond donors (Lipinski definition) is 1. The molecule has 0 spiro atoms. The number of sulfone groups is 1. The van der Waals surface area contributed by atoms with Crippen LogP contribution >= 0.6 is 0 Å². The SMILES string of the molecule is CC(C(O)c1ccccc1)S(=O)(=O)c1ccccc1. The van der Waals surface area contributed by atoms with Gasteiger partial charge in [0.05, 0.1) is 16.2 Å². The van der Waals surface area contributed by atoms with E-state index in [2.05, 4.69) is 0 Å². The van der Waals surface area contributed by atoms with Gasteiger partial charge in [0.2, 0.25) is 0 Å². The predicted molar refractivity (Wildman–Crippen MR) is 74.5 cm³/mol. The van der Waals surface area contributed by atoms with Gasteiger partial charge in [-0.25, -0.2) is 8.42 Å². The molecule has 19 heavy (non-hydrogen) atoms. The molecule has 2 aromatic rings. The van der Waals surface area contributed by atoms with Crippen LogP contribution in [0, 0.1) is 0 Å². The summed E-state index contributed by atoms with van der Waals surface area (Å²) in [5.41, 5.74) is 0.606. The Labute approximate surface area is 113 Å². The zero-order valence-electron chi connectivity index (χ0n) is 10.6. The van der Waals surface area contributed by atoms with Crippen molar-refractivity contribution in [1.82, 2.24) is 0 Å². The predicted octanol–water partition coefficient (Wildman–Crippen LogP) is 2.58. The molecule has 3 nitrogen and oxygen atoms in total. The smallest absolute Gasteiger partial charge is 0.183 e. The minimum absolute atomic E-state index is 0.234. The van der Waals surface area contributed by atoms with Crippen molar-refractivity contribution >= 4 is 9.84 Å². The van der Waals surface area contributed by atoms with Crippen LogP contribution in [0.15, 0.2) is 65.6 Å². The molecule has 0 saturated heterocycles. The van der Waals surface area contributed by atoms with Crippen molar-refractivity contribution in [2.75, 3.05) is 0 Å². The maximum atomic E-state index is 12.4. The summed E-state index contributed by atoms with van der Waals surface area (Å²) in [6.07, 6.45) is -1.04. The van der Waals surface area contributed by atoms with Crippen molar-refractivity contribution in [3.05, 3.63) is 66.2 Å². The Bertz CT molecular complexity index is 621. The summed E-state index contributed by atoms with van der Waals surface area (Å²) < 4.78 is 24.8. The molecular weight excluding hydrogens is 260 g/mol. The second-order valence-electron chi connectivity index (χ2n) is 4.42. The molecule has 0 aromatic heterocycles. The van der Waals surface area contributed by atoms with Crippen LogP contribution in [0.2, 0.25) is 0 Å². The molecule has 0 aliphatic rings. The maximum absolute atomic E-state index is 12.4. The largest absolute Gasteiger partial charge is 0.387 e. The second-order valence-corrected chi connectivity index (χ2v) is 6.72. The van der Waals surface area contributed by atoms with E-state index < -0.39 is 21.2 Å². The van der Waals surface area contributed by atoms with Crippen molar-refractivity contribution in [3.8, 4) is 0 Å².